The Hall–Kier alpha value is -0.940. The van der Waals surface area contributed by atoms with E-state index in [4.69, 9.17) is 0 Å². The fourth-order valence-corrected chi connectivity index (χ4v) is 3.19. The van der Waals surface area contributed by atoms with Crippen molar-refractivity contribution in [2.24, 2.45) is 0 Å². The molecular formula is C13H15BrFN3. The van der Waals surface area contributed by atoms with Crippen molar-refractivity contribution in [3.63, 3.8) is 0 Å². The van der Waals surface area contributed by atoms with Crippen molar-refractivity contribution in [2.75, 3.05) is 20.1 Å². The normalized spacial score (nSPS) is 25.7. The number of nitrogens with zero attached hydrogens (tertiary/aromatic N) is 3. The molecule has 2 heterocycles. The molecule has 2 aromatic rings. The number of halogens is 2. The SMILES string of the molecule is CN1CC[C@@H](n2ncc3cccc(Br)c32)[C@H](F)C1. The van der Waals surface area contributed by atoms with Gasteiger partial charge >= 0.3 is 0 Å². The number of alkyl halides is 1. The highest BCUT2D eigenvalue weighted by atomic mass is 79.9. The van der Waals surface area contributed by atoms with Crippen molar-refractivity contribution in [3.05, 3.63) is 28.9 Å². The van der Waals surface area contributed by atoms with Crippen molar-refractivity contribution < 1.29 is 4.39 Å². The van der Waals surface area contributed by atoms with Gasteiger partial charge in [0.2, 0.25) is 0 Å². The molecule has 5 heteroatoms. The summed E-state index contributed by atoms with van der Waals surface area (Å²) in [5.74, 6) is 0. The lowest BCUT2D eigenvalue weighted by molar-refractivity contribution is 0.103. The third-order valence-corrected chi connectivity index (χ3v) is 4.23. The average molecular weight is 312 g/mol. The summed E-state index contributed by atoms with van der Waals surface area (Å²) in [6.45, 7) is 1.40. The number of para-hydroxylation sites is 1. The summed E-state index contributed by atoms with van der Waals surface area (Å²) in [7, 11) is 1.96. The van der Waals surface area contributed by atoms with E-state index in [0.29, 0.717) is 6.54 Å². The van der Waals surface area contributed by atoms with Gasteiger partial charge in [0.05, 0.1) is 17.8 Å². The summed E-state index contributed by atoms with van der Waals surface area (Å²) in [6.07, 6.45) is 1.75. The van der Waals surface area contributed by atoms with Crippen LogP contribution in [0.15, 0.2) is 28.9 Å². The van der Waals surface area contributed by atoms with Gasteiger partial charge in [0.25, 0.3) is 0 Å². The first-order valence-electron chi connectivity index (χ1n) is 6.11. The first-order valence-corrected chi connectivity index (χ1v) is 6.90. The Morgan fingerprint density at radius 3 is 3.06 bits per heavy atom. The molecule has 0 spiro atoms. The molecule has 0 amide bonds. The number of rotatable bonds is 1. The summed E-state index contributed by atoms with van der Waals surface area (Å²) in [5.41, 5.74) is 0.995. The summed E-state index contributed by atoms with van der Waals surface area (Å²) in [5, 5.41) is 5.43. The van der Waals surface area contributed by atoms with Gasteiger partial charge in [-0.05, 0) is 35.5 Å². The Kier molecular flexibility index (Phi) is 3.11. The molecule has 1 aromatic heterocycles. The average Bonchev–Trinajstić information content (AvgIpc) is 2.74. The number of hydrogen-bond donors (Lipinski definition) is 0. The zero-order valence-electron chi connectivity index (χ0n) is 10.2. The maximum Gasteiger partial charge on any atom is 0.135 e. The molecule has 0 saturated carbocycles. The van der Waals surface area contributed by atoms with Gasteiger partial charge in [-0.25, -0.2) is 4.39 Å². The van der Waals surface area contributed by atoms with Gasteiger partial charge < -0.3 is 4.90 Å². The van der Waals surface area contributed by atoms with Gasteiger partial charge in [0.1, 0.15) is 6.17 Å². The molecule has 18 heavy (non-hydrogen) atoms. The standard InChI is InChI=1S/C13H15BrFN3/c1-17-6-5-12(11(15)8-17)18-13-9(7-16-18)3-2-4-10(13)14/h2-4,7,11-12H,5-6,8H2,1H3/t11-,12-/m1/s1. The van der Waals surface area contributed by atoms with E-state index in [-0.39, 0.29) is 6.04 Å². The number of benzene rings is 1. The van der Waals surface area contributed by atoms with Crippen molar-refractivity contribution in [3.8, 4) is 0 Å². The maximum absolute atomic E-state index is 14.2. The van der Waals surface area contributed by atoms with E-state index in [1.807, 2.05) is 41.0 Å². The molecule has 0 radical (unpaired) electrons. The molecule has 0 N–H and O–H groups in total. The number of likely N-dealkylation sites (tertiary alicyclic amines) is 1. The molecule has 0 aliphatic carbocycles. The Balaban J connectivity index is 2.04. The van der Waals surface area contributed by atoms with Gasteiger partial charge in [-0.2, -0.15) is 5.10 Å². The van der Waals surface area contributed by atoms with Crippen molar-refractivity contribution in [2.45, 2.75) is 18.6 Å². The van der Waals surface area contributed by atoms with Crippen LogP contribution < -0.4 is 0 Å². The minimum absolute atomic E-state index is 0.155. The van der Waals surface area contributed by atoms with Gasteiger partial charge in [0, 0.05) is 22.9 Å². The van der Waals surface area contributed by atoms with E-state index in [2.05, 4.69) is 21.0 Å². The summed E-state index contributed by atoms with van der Waals surface area (Å²) >= 11 is 3.53. The fraction of sp³-hybridized carbons (Fsp3) is 0.462. The van der Waals surface area contributed by atoms with Gasteiger partial charge in [-0.1, -0.05) is 12.1 Å². The molecule has 0 unspecified atom stereocenters. The molecule has 1 saturated heterocycles. The molecule has 2 atom stereocenters. The van der Waals surface area contributed by atoms with Crippen LogP contribution in [0.25, 0.3) is 10.9 Å². The molecule has 0 bridgehead atoms. The van der Waals surface area contributed by atoms with Crippen molar-refractivity contribution in [1.29, 1.82) is 0 Å². The van der Waals surface area contributed by atoms with Crippen LogP contribution in [-0.4, -0.2) is 41.0 Å². The second-order valence-electron chi connectivity index (χ2n) is 4.90. The second-order valence-corrected chi connectivity index (χ2v) is 5.76. The first-order chi connectivity index (χ1) is 8.66. The van der Waals surface area contributed by atoms with Gasteiger partial charge in [-0.3, -0.25) is 4.68 Å². The van der Waals surface area contributed by atoms with Gasteiger partial charge in [-0.15, -0.1) is 0 Å². The van der Waals surface area contributed by atoms with Crippen molar-refractivity contribution >= 4 is 26.8 Å². The second kappa shape index (κ2) is 4.63. The minimum atomic E-state index is -0.862. The Bertz CT molecular complexity index is 568. The molecule has 3 nitrogen and oxygen atoms in total. The zero-order valence-corrected chi connectivity index (χ0v) is 11.8. The van der Waals surface area contributed by atoms with Crippen LogP contribution in [0.2, 0.25) is 0 Å². The fourth-order valence-electron chi connectivity index (χ4n) is 2.63. The Morgan fingerprint density at radius 2 is 2.28 bits per heavy atom. The van der Waals surface area contributed by atoms with E-state index in [1.165, 1.54) is 0 Å². The highest BCUT2D eigenvalue weighted by Crippen LogP contribution is 2.31. The molecule has 1 fully saturated rings. The predicted molar refractivity (Wildman–Crippen MR) is 73.5 cm³/mol. The van der Waals surface area contributed by atoms with Crippen LogP contribution in [0, 0.1) is 0 Å². The number of fused-ring (bicyclic) bond motifs is 1. The van der Waals surface area contributed by atoms with Crippen LogP contribution in [0.4, 0.5) is 4.39 Å². The first kappa shape index (κ1) is 12.1. The van der Waals surface area contributed by atoms with Gasteiger partial charge in [0.15, 0.2) is 0 Å². The summed E-state index contributed by atoms with van der Waals surface area (Å²) < 4.78 is 17.0. The quantitative estimate of drug-likeness (QED) is 0.807. The van der Waals surface area contributed by atoms with Crippen LogP contribution in [0.3, 0.4) is 0 Å². The van der Waals surface area contributed by atoms with Crippen LogP contribution in [0.1, 0.15) is 12.5 Å². The number of aromatic nitrogens is 2. The molecule has 1 aliphatic rings. The van der Waals surface area contributed by atoms with Crippen molar-refractivity contribution in [1.82, 2.24) is 14.7 Å². The van der Waals surface area contributed by atoms with E-state index in [0.717, 1.165) is 28.3 Å². The van der Waals surface area contributed by atoms with E-state index in [1.54, 1.807) is 0 Å². The van der Waals surface area contributed by atoms with Crippen LogP contribution in [0.5, 0.6) is 0 Å². The molecule has 1 aliphatic heterocycles. The minimum Gasteiger partial charge on any atom is -0.303 e. The summed E-state index contributed by atoms with van der Waals surface area (Å²) in [6, 6.07) is 5.80. The lowest BCUT2D eigenvalue weighted by atomic mass is 10.0. The molecule has 1 aromatic carbocycles. The lowest BCUT2D eigenvalue weighted by Gasteiger charge is -2.32. The van der Waals surface area contributed by atoms with E-state index in [9.17, 15) is 4.39 Å². The van der Waals surface area contributed by atoms with Crippen LogP contribution >= 0.6 is 15.9 Å². The van der Waals surface area contributed by atoms with E-state index >= 15 is 0 Å². The largest absolute Gasteiger partial charge is 0.303 e. The third-order valence-electron chi connectivity index (χ3n) is 3.59. The molecule has 3 rings (SSSR count). The third kappa shape index (κ3) is 1.95. The molecule has 96 valence electrons. The van der Waals surface area contributed by atoms with Crippen LogP contribution in [-0.2, 0) is 0 Å². The smallest absolute Gasteiger partial charge is 0.135 e. The lowest BCUT2D eigenvalue weighted by Crippen LogP contribution is -2.40. The Labute approximate surface area is 114 Å². The highest BCUT2D eigenvalue weighted by Gasteiger charge is 2.30. The zero-order chi connectivity index (χ0) is 12.7. The summed E-state index contributed by atoms with van der Waals surface area (Å²) in [4.78, 5) is 2.03. The number of hydrogen-bond acceptors (Lipinski definition) is 2. The molecular weight excluding hydrogens is 297 g/mol. The van der Waals surface area contributed by atoms with E-state index < -0.39 is 6.17 Å². The maximum atomic E-state index is 14.2. The highest BCUT2D eigenvalue weighted by molar-refractivity contribution is 9.10. The topological polar surface area (TPSA) is 21.1 Å². The predicted octanol–water partition coefficient (Wildman–Crippen LogP) is 3.01. The number of piperidine rings is 1. The Morgan fingerprint density at radius 1 is 1.44 bits per heavy atom. The monoisotopic (exact) mass is 311 g/mol.